The smallest absolute Gasteiger partial charge is 0.255 e. The number of hydrogen-bond donors (Lipinski definition) is 2. The molecule has 216 valence electrons. The first-order valence-electron chi connectivity index (χ1n) is 14.0. The summed E-state index contributed by atoms with van der Waals surface area (Å²) in [6, 6.07) is 15.7. The van der Waals surface area contributed by atoms with E-state index in [4.69, 9.17) is 4.74 Å². The van der Waals surface area contributed by atoms with Crippen LogP contribution in [0.15, 0.2) is 76.7 Å². The molecule has 2 N–H and O–H groups in total. The second-order valence-electron chi connectivity index (χ2n) is 9.99. The third-order valence-electron chi connectivity index (χ3n) is 7.16. The SMILES string of the molecule is C/C=C\C.O=C(Nc1ccc2c(c1)Nc1nccc(N3CCOCC3)c1S2)c1ccc(CN2CCS(=O)CC2)cc1. The van der Waals surface area contributed by atoms with Crippen molar-refractivity contribution in [2.45, 2.75) is 30.2 Å². The van der Waals surface area contributed by atoms with E-state index < -0.39 is 10.8 Å². The maximum atomic E-state index is 12.9. The molecular weight excluding hydrogens is 555 g/mol. The van der Waals surface area contributed by atoms with E-state index >= 15 is 0 Å². The lowest BCUT2D eigenvalue weighted by Crippen LogP contribution is -2.37. The number of nitrogens with zero attached hydrogens (tertiary/aromatic N) is 3. The molecule has 1 amide bonds. The van der Waals surface area contributed by atoms with Crippen molar-refractivity contribution in [1.82, 2.24) is 9.88 Å². The Balaban J connectivity index is 0.000000794. The van der Waals surface area contributed by atoms with E-state index in [2.05, 4.69) is 31.5 Å². The Kier molecular flexibility index (Phi) is 10.1. The summed E-state index contributed by atoms with van der Waals surface area (Å²) in [7, 11) is -0.673. The summed E-state index contributed by atoms with van der Waals surface area (Å²) in [6.07, 6.45) is 5.84. The van der Waals surface area contributed by atoms with Gasteiger partial charge in [0.25, 0.3) is 5.91 Å². The van der Waals surface area contributed by atoms with E-state index in [0.717, 1.165) is 90.0 Å². The van der Waals surface area contributed by atoms with E-state index in [1.807, 2.05) is 74.7 Å². The molecule has 0 spiro atoms. The number of nitrogens with one attached hydrogen (secondary N) is 2. The first-order valence-corrected chi connectivity index (χ1v) is 16.3. The zero-order valence-electron chi connectivity index (χ0n) is 23.6. The van der Waals surface area contributed by atoms with Crippen LogP contribution in [0.2, 0.25) is 0 Å². The minimum atomic E-state index is -0.673. The zero-order valence-corrected chi connectivity index (χ0v) is 25.2. The van der Waals surface area contributed by atoms with Crippen molar-refractivity contribution in [3.63, 3.8) is 0 Å². The minimum absolute atomic E-state index is 0.142. The fourth-order valence-electron chi connectivity index (χ4n) is 4.77. The second-order valence-corrected chi connectivity index (χ2v) is 12.7. The van der Waals surface area contributed by atoms with Gasteiger partial charge in [0, 0.05) is 77.4 Å². The Morgan fingerprint density at radius 3 is 2.49 bits per heavy atom. The van der Waals surface area contributed by atoms with Gasteiger partial charge < -0.3 is 20.3 Å². The summed E-state index contributed by atoms with van der Waals surface area (Å²) in [5, 5.41) is 6.48. The summed E-state index contributed by atoms with van der Waals surface area (Å²) in [5.74, 6) is 2.17. The van der Waals surface area contributed by atoms with Crippen LogP contribution in [0.25, 0.3) is 0 Å². The van der Waals surface area contributed by atoms with Crippen molar-refractivity contribution < 1.29 is 13.7 Å². The van der Waals surface area contributed by atoms with Gasteiger partial charge in [-0.3, -0.25) is 13.9 Å². The number of benzene rings is 2. The largest absolute Gasteiger partial charge is 0.378 e. The van der Waals surface area contributed by atoms with Gasteiger partial charge >= 0.3 is 0 Å². The monoisotopic (exact) mass is 591 g/mol. The molecule has 0 aliphatic carbocycles. The van der Waals surface area contributed by atoms with Gasteiger partial charge in [-0.05, 0) is 55.8 Å². The summed E-state index contributed by atoms with van der Waals surface area (Å²) < 4.78 is 17.1. The van der Waals surface area contributed by atoms with Gasteiger partial charge in [-0.25, -0.2) is 4.98 Å². The molecule has 2 aromatic carbocycles. The molecule has 0 unspecified atom stereocenters. The van der Waals surface area contributed by atoms with Gasteiger partial charge in [-0.2, -0.15) is 0 Å². The molecule has 2 fully saturated rings. The topological polar surface area (TPSA) is 86.8 Å². The van der Waals surface area contributed by atoms with Crippen molar-refractivity contribution in [2.75, 3.05) is 66.4 Å². The highest BCUT2D eigenvalue weighted by molar-refractivity contribution is 8.00. The number of carbonyl (C=O) groups excluding carboxylic acids is 1. The first kappa shape index (κ1) is 29.3. The average molecular weight is 592 g/mol. The number of rotatable bonds is 5. The Hall–Kier alpha value is -3.18. The number of hydrogen-bond acceptors (Lipinski definition) is 8. The number of amides is 1. The van der Waals surface area contributed by atoms with Crippen molar-refractivity contribution in [3.05, 3.63) is 78.0 Å². The number of fused-ring (bicyclic) bond motifs is 2. The lowest BCUT2D eigenvalue weighted by atomic mass is 10.1. The van der Waals surface area contributed by atoms with Crippen LogP contribution in [-0.4, -0.2) is 70.9 Å². The number of morpholine rings is 1. The molecule has 3 aromatic rings. The highest BCUT2D eigenvalue weighted by atomic mass is 32.2. The zero-order chi connectivity index (χ0) is 28.6. The number of allylic oxidation sites excluding steroid dienone is 2. The van der Waals surface area contributed by atoms with Crippen molar-refractivity contribution in [2.24, 2.45) is 0 Å². The highest BCUT2D eigenvalue weighted by Crippen LogP contribution is 2.48. The third-order valence-corrected chi connectivity index (χ3v) is 9.62. The van der Waals surface area contributed by atoms with Crippen LogP contribution < -0.4 is 15.5 Å². The van der Waals surface area contributed by atoms with Crippen molar-refractivity contribution in [1.29, 1.82) is 0 Å². The predicted octanol–water partition coefficient (Wildman–Crippen LogP) is 5.53. The van der Waals surface area contributed by atoms with Gasteiger partial charge in [-0.1, -0.05) is 36.0 Å². The lowest BCUT2D eigenvalue weighted by molar-refractivity contribution is 0.102. The van der Waals surface area contributed by atoms with Gasteiger partial charge in [0.1, 0.15) is 5.82 Å². The Bertz CT molecular complexity index is 1390. The van der Waals surface area contributed by atoms with Crippen molar-refractivity contribution in [3.8, 4) is 0 Å². The standard InChI is InChI=1S/C27H29N5O3S2.C4H8/c33-27(20-3-1-19(2-4-20)18-31-11-15-37(34)16-12-31)29-21-5-6-24-22(17-21)30-26-25(36-24)23(7-8-28-26)32-9-13-35-14-10-32;1-3-4-2/h1-8,17H,9-16,18H2,(H,28,30)(H,29,33);3-4H,1-2H3/b;4-3-. The average Bonchev–Trinajstić information content (AvgIpc) is 3.01. The first-order chi connectivity index (χ1) is 20.0. The van der Waals surface area contributed by atoms with E-state index in [-0.39, 0.29) is 5.91 Å². The molecule has 0 saturated carbocycles. The van der Waals surface area contributed by atoms with Crippen molar-refractivity contribution >= 4 is 51.3 Å². The fourth-order valence-corrected chi connectivity index (χ4v) is 6.98. The summed E-state index contributed by atoms with van der Waals surface area (Å²) in [6.45, 7) is 9.74. The minimum Gasteiger partial charge on any atom is -0.378 e. The fraction of sp³-hybridized carbons (Fsp3) is 0.355. The number of pyridine rings is 1. The predicted molar refractivity (Wildman–Crippen MR) is 169 cm³/mol. The summed E-state index contributed by atoms with van der Waals surface area (Å²) >= 11 is 1.70. The van der Waals surface area contributed by atoms with Gasteiger partial charge in [0.15, 0.2) is 0 Å². The Morgan fingerprint density at radius 2 is 1.78 bits per heavy atom. The molecule has 41 heavy (non-hydrogen) atoms. The second kappa shape index (κ2) is 14.1. The molecule has 8 nitrogen and oxygen atoms in total. The quantitative estimate of drug-likeness (QED) is 0.293. The van der Waals surface area contributed by atoms with E-state index in [1.165, 1.54) is 5.69 Å². The van der Waals surface area contributed by atoms with Gasteiger partial charge in [0.05, 0.1) is 29.5 Å². The van der Waals surface area contributed by atoms with E-state index in [0.29, 0.717) is 5.56 Å². The summed E-state index contributed by atoms with van der Waals surface area (Å²) in [5.41, 5.74) is 4.61. The molecule has 0 atom stereocenters. The number of aromatic nitrogens is 1. The van der Waals surface area contributed by atoms with E-state index in [1.54, 1.807) is 11.8 Å². The molecule has 1 aromatic heterocycles. The van der Waals surface area contributed by atoms with Crippen LogP contribution >= 0.6 is 11.8 Å². The molecule has 0 radical (unpaired) electrons. The van der Waals surface area contributed by atoms with Crippen LogP contribution in [0, 0.1) is 0 Å². The third kappa shape index (κ3) is 7.56. The highest BCUT2D eigenvalue weighted by Gasteiger charge is 2.24. The van der Waals surface area contributed by atoms with E-state index in [9.17, 15) is 9.00 Å². The molecular formula is C31H37N5O3S2. The molecule has 3 aliphatic heterocycles. The molecule has 0 bridgehead atoms. The Labute approximate surface area is 249 Å². The normalized spacial score (nSPS) is 17.2. The van der Waals surface area contributed by atoms with Gasteiger partial charge in [0.2, 0.25) is 0 Å². The van der Waals surface area contributed by atoms with Gasteiger partial charge in [-0.15, -0.1) is 0 Å². The number of ether oxygens (including phenoxy) is 1. The maximum Gasteiger partial charge on any atom is 0.255 e. The van der Waals surface area contributed by atoms with Crippen LogP contribution in [0.4, 0.5) is 22.9 Å². The van der Waals surface area contributed by atoms with Crippen LogP contribution in [0.5, 0.6) is 0 Å². The molecule has 6 rings (SSSR count). The number of anilines is 4. The molecule has 4 heterocycles. The molecule has 2 saturated heterocycles. The van der Waals surface area contributed by atoms with Crippen LogP contribution in [-0.2, 0) is 22.1 Å². The number of carbonyl (C=O) groups is 1. The Morgan fingerprint density at radius 1 is 1.05 bits per heavy atom. The molecule has 10 heteroatoms. The summed E-state index contributed by atoms with van der Waals surface area (Å²) in [4.78, 5) is 24.4. The maximum absolute atomic E-state index is 12.9. The lowest BCUT2D eigenvalue weighted by Gasteiger charge is -2.32. The van der Waals surface area contributed by atoms with Crippen LogP contribution in [0.1, 0.15) is 29.8 Å². The van der Waals surface area contributed by atoms with Crippen LogP contribution in [0.3, 0.4) is 0 Å². The molecule has 3 aliphatic rings.